The molecular formula is C36H55NO8P-. The zero-order valence-corrected chi connectivity index (χ0v) is 29.5. The molecule has 0 radical (unpaired) electrons. The molecule has 2 atom stereocenters. The number of esters is 2. The van der Waals surface area contributed by atoms with E-state index >= 15 is 0 Å². The van der Waals surface area contributed by atoms with Crippen LogP contribution in [0, 0.1) is 47.4 Å². The Hall–Kier alpha value is -2.75. The van der Waals surface area contributed by atoms with E-state index in [1.807, 2.05) is 18.9 Å². The van der Waals surface area contributed by atoms with E-state index in [1.54, 1.807) is 13.8 Å². The number of phosphoric ester groups is 1. The van der Waals surface area contributed by atoms with Crippen molar-refractivity contribution in [2.24, 2.45) is 0 Å². The van der Waals surface area contributed by atoms with Gasteiger partial charge in [-0.15, -0.1) is 0 Å². The Kier molecular flexibility index (Phi) is 29.0. The van der Waals surface area contributed by atoms with Gasteiger partial charge in [-0.3, -0.25) is 14.2 Å². The molecule has 0 bridgehead atoms. The second kappa shape index (κ2) is 30.9. The lowest BCUT2D eigenvalue weighted by Crippen LogP contribution is -2.30. The summed E-state index contributed by atoms with van der Waals surface area (Å²) in [7, 11) is -2.79. The molecule has 0 aliphatic heterocycles. The van der Waals surface area contributed by atoms with E-state index < -0.39 is 32.5 Å². The summed E-state index contributed by atoms with van der Waals surface area (Å²) in [4.78, 5) is 39.0. The molecule has 0 aromatic heterocycles. The molecule has 0 aliphatic carbocycles. The van der Waals surface area contributed by atoms with E-state index in [-0.39, 0.29) is 26.1 Å². The van der Waals surface area contributed by atoms with Gasteiger partial charge in [0, 0.05) is 32.2 Å². The first-order valence-corrected chi connectivity index (χ1v) is 18.1. The molecule has 2 unspecified atom stereocenters. The van der Waals surface area contributed by atoms with Crippen LogP contribution in [-0.4, -0.2) is 62.9 Å². The first-order chi connectivity index (χ1) is 22.2. The molecule has 10 heteroatoms. The lowest BCUT2D eigenvalue weighted by atomic mass is 10.1. The highest BCUT2D eigenvalue weighted by Gasteiger charge is 2.21. The average Bonchev–Trinajstić information content (AvgIpc) is 3.03. The molecule has 0 spiro atoms. The molecule has 0 aromatic rings. The summed E-state index contributed by atoms with van der Waals surface area (Å²) >= 11 is 0. The molecule has 9 nitrogen and oxygen atoms in total. The van der Waals surface area contributed by atoms with Gasteiger partial charge in [0.2, 0.25) is 0 Å². The summed E-state index contributed by atoms with van der Waals surface area (Å²) in [5, 5.41) is 0. The van der Waals surface area contributed by atoms with Crippen LogP contribution in [0.15, 0.2) is 0 Å². The third kappa shape index (κ3) is 29.9. The van der Waals surface area contributed by atoms with Gasteiger partial charge < -0.3 is 28.3 Å². The SMILES string of the molecule is CC#CC#CCCCCCCCCC(=O)OCC(COP(=O)([O-])OCCN(C)CC)OC(=O)CCCCCCCCC#CC#CC. The van der Waals surface area contributed by atoms with Crippen molar-refractivity contribution in [3.8, 4) is 47.4 Å². The highest BCUT2D eigenvalue weighted by atomic mass is 31.2. The quantitative estimate of drug-likeness (QED) is 0.0440. The van der Waals surface area contributed by atoms with Crippen LogP contribution in [0.2, 0.25) is 0 Å². The maximum Gasteiger partial charge on any atom is 0.306 e. The van der Waals surface area contributed by atoms with Crippen LogP contribution in [0.4, 0.5) is 0 Å². The molecule has 0 rings (SSSR count). The predicted molar refractivity (Wildman–Crippen MR) is 180 cm³/mol. The fraction of sp³-hybridized carbons (Fsp3) is 0.722. The normalized spacial score (nSPS) is 12.1. The maximum atomic E-state index is 12.5. The van der Waals surface area contributed by atoms with Crippen molar-refractivity contribution in [2.75, 3.05) is 40.0 Å². The van der Waals surface area contributed by atoms with Crippen molar-refractivity contribution >= 4 is 19.8 Å². The second-order valence-corrected chi connectivity index (χ2v) is 12.3. The van der Waals surface area contributed by atoms with Gasteiger partial charge in [0.25, 0.3) is 7.82 Å². The first-order valence-electron chi connectivity index (χ1n) is 16.7. The molecule has 0 N–H and O–H groups in total. The van der Waals surface area contributed by atoms with E-state index in [1.165, 1.54) is 0 Å². The third-order valence-corrected chi connectivity index (χ3v) is 7.79. The monoisotopic (exact) mass is 660 g/mol. The number of nitrogens with zero attached hydrogens (tertiary/aromatic N) is 1. The number of carbonyl (C=O) groups excluding carboxylic acids is 2. The number of unbranched alkanes of at least 4 members (excludes halogenated alkanes) is 12. The summed E-state index contributed by atoms with van der Waals surface area (Å²) < 4.78 is 32.9. The molecule has 258 valence electrons. The van der Waals surface area contributed by atoms with Crippen molar-refractivity contribution in [3.63, 3.8) is 0 Å². The number of hydrogen-bond donors (Lipinski definition) is 0. The van der Waals surface area contributed by atoms with Crippen molar-refractivity contribution in [2.45, 2.75) is 130 Å². The summed E-state index contributed by atoms with van der Waals surface area (Å²) in [5.41, 5.74) is 0. The fourth-order valence-electron chi connectivity index (χ4n) is 4.02. The van der Waals surface area contributed by atoms with Gasteiger partial charge in [-0.05, 0) is 76.8 Å². The van der Waals surface area contributed by atoms with Gasteiger partial charge in [-0.1, -0.05) is 82.0 Å². The average molecular weight is 661 g/mol. The minimum absolute atomic E-state index is 0.0618. The molecule has 46 heavy (non-hydrogen) atoms. The van der Waals surface area contributed by atoms with Crippen LogP contribution >= 0.6 is 7.82 Å². The maximum absolute atomic E-state index is 12.5. The smallest absolute Gasteiger partial charge is 0.306 e. The highest BCUT2D eigenvalue weighted by Crippen LogP contribution is 2.38. The Balaban J connectivity index is 4.53. The number of likely N-dealkylation sites (N-methyl/N-ethyl adjacent to an activating group) is 1. The molecule has 0 heterocycles. The topological polar surface area (TPSA) is 114 Å². The van der Waals surface area contributed by atoms with Crippen LogP contribution in [0.5, 0.6) is 0 Å². The molecule has 0 fully saturated rings. The van der Waals surface area contributed by atoms with Crippen LogP contribution in [0.1, 0.15) is 124 Å². The Bertz CT molecular complexity index is 1130. The largest absolute Gasteiger partial charge is 0.756 e. The minimum atomic E-state index is -4.63. The summed E-state index contributed by atoms with van der Waals surface area (Å²) in [5.74, 6) is 21.7. The van der Waals surface area contributed by atoms with Crippen LogP contribution < -0.4 is 4.89 Å². The summed E-state index contributed by atoms with van der Waals surface area (Å²) in [6.07, 6.45) is 12.5. The lowest BCUT2D eigenvalue weighted by Gasteiger charge is -2.26. The lowest BCUT2D eigenvalue weighted by molar-refractivity contribution is -0.228. The number of rotatable bonds is 27. The minimum Gasteiger partial charge on any atom is -0.756 e. The van der Waals surface area contributed by atoms with Gasteiger partial charge in [-0.2, -0.15) is 0 Å². The molecule has 0 saturated carbocycles. The van der Waals surface area contributed by atoms with E-state index in [9.17, 15) is 19.0 Å². The number of phosphoric acid groups is 1. The first kappa shape index (κ1) is 43.2. The molecular weight excluding hydrogens is 605 g/mol. The molecule has 0 aromatic carbocycles. The van der Waals surface area contributed by atoms with Crippen molar-refractivity contribution in [1.82, 2.24) is 4.90 Å². The zero-order valence-electron chi connectivity index (χ0n) is 28.6. The number of ether oxygens (including phenoxy) is 2. The van der Waals surface area contributed by atoms with Gasteiger partial charge in [-0.25, -0.2) is 0 Å². The van der Waals surface area contributed by atoms with Gasteiger partial charge in [0.1, 0.15) is 6.61 Å². The molecule has 0 aliphatic rings. The van der Waals surface area contributed by atoms with Crippen molar-refractivity contribution in [1.29, 1.82) is 0 Å². The van der Waals surface area contributed by atoms with Gasteiger partial charge in [0.05, 0.1) is 13.2 Å². The van der Waals surface area contributed by atoms with E-state index in [0.29, 0.717) is 19.4 Å². The Morgan fingerprint density at radius 3 is 1.74 bits per heavy atom. The zero-order chi connectivity index (χ0) is 34.1. The number of hydrogen-bond acceptors (Lipinski definition) is 9. The molecule has 0 saturated heterocycles. The fourth-order valence-corrected chi connectivity index (χ4v) is 4.74. The van der Waals surface area contributed by atoms with Crippen LogP contribution in [0.3, 0.4) is 0 Å². The Morgan fingerprint density at radius 1 is 0.717 bits per heavy atom. The van der Waals surface area contributed by atoms with E-state index in [4.69, 9.17) is 18.5 Å². The van der Waals surface area contributed by atoms with Crippen molar-refractivity contribution < 1.29 is 37.6 Å². The predicted octanol–water partition coefficient (Wildman–Crippen LogP) is 6.19. The number of carbonyl (C=O) groups is 2. The third-order valence-electron chi connectivity index (χ3n) is 6.83. The van der Waals surface area contributed by atoms with Gasteiger partial charge in [0.15, 0.2) is 6.10 Å². The van der Waals surface area contributed by atoms with Crippen LogP contribution in [-0.2, 0) is 32.7 Å². The standard InChI is InChI=1S/C36H56NO8P/c1-5-8-10-12-14-16-18-20-22-24-26-28-35(38)42-32-34(33-44-46(40,41)43-31-30-37(4)7-3)45-36(39)29-27-25-23-21-19-17-15-13-11-9-6-2/h34H,7,14-33H2,1-4H3,(H,40,41)/p-1. The Labute approximate surface area is 278 Å². The summed E-state index contributed by atoms with van der Waals surface area (Å²) in [6.45, 7) is 5.78. The second-order valence-electron chi connectivity index (χ2n) is 10.9. The van der Waals surface area contributed by atoms with E-state index in [0.717, 1.165) is 83.6 Å². The van der Waals surface area contributed by atoms with Gasteiger partial charge >= 0.3 is 11.9 Å². The summed E-state index contributed by atoms with van der Waals surface area (Å²) in [6, 6.07) is 0. The van der Waals surface area contributed by atoms with Crippen LogP contribution in [0.25, 0.3) is 0 Å². The Morgan fingerprint density at radius 2 is 1.22 bits per heavy atom. The van der Waals surface area contributed by atoms with Crippen molar-refractivity contribution in [3.05, 3.63) is 0 Å². The molecule has 0 amide bonds. The van der Waals surface area contributed by atoms with E-state index in [2.05, 4.69) is 47.4 Å². The highest BCUT2D eigenvalue weighted by molar-refractivity contribution is 7.45.